The molecule has 4 heteroatoms. The fourth-order valence-corrected chi connectivity index (χ4v) is 10.6. The first kappa shape index (κ1) is 26.6. The van der Waals surface area contributed by atoms with E-state index in [1.807, 2.05) is 0 Å². The van der Waals surface area contributed by atoms with Crippen LogP contribution in [0.2, 0.25) is 0 Å². The molecule has 0 aromatic heterocycles. The number of fused-ring (bicyclic) bond motifs is 5. The molecule has 4 aliphatic carbocycles. The van der Waals surface area contributed by atoms with Gasteiger partial charge < -0.3 is 14.9 Å². The molecular formula is C34H48O4. The van der Waals surface area contributed by atoms with E-state index in [0.29, 0.717) is 48.2 Å². The lowest BCUT2D eigenvalue weighted by atomic mass is 9.43. The van der Waals surface area contributed by atoms with Crippen molar-refractivity contribution in [2.45, 2.75) is 97.0 Å². The van der Waals surface area contributed by atoms with Crippen LogP contribution in [0, 0.1) is 46.3 Å². The summed E-state index contributed by atoms with van der Waals surface area (Å²) in [6, 6.07) is 8.68. The van der Waals surface area contributed by atoms with Gasteiger partial charge in [0.25, 0.3) is 0 Å². The van der Waals surface area contributed by atoms with Gasteiger partial charge in [-0.2, -0.15) is 0 Å². The Morgan fingerprint density at radius 2 is 1.76 bits per heavy atom. The van der Waals surface area contributed by atoms with Crippen molar-refractivity contribution in [3.8, 4) is 0 Å². The lowest BCUT2D eigenvalue weighted by molar-refractivity contribution is -0.155. The summed E-state index contributed by atoms with van der Waals surface area (Å²) in [5, 5.41) is 21.2. The first-order valence-electron chi connectivity index (χ1n) is 15.5. The maximum atomic E-state index is 11.9. The first-order valence-corrected chi connectivity index (χ1v) is 15.5. The van der Waals surface area contributed by atoms with Gasteiger partial charge >= 0.3 is 5.97 Å². The Morgan fingerprint density at radius 3 is 2.47 bits per heavy atom. The van der Waals surface area contributed by atoms with Crippen molar-refractivity contribution in [3.05, 3.63) is 41.5 Å². The lowest BCUT2D eigenvalue weighted by Crippen LogP contribution is -2.55. The average molecular weight is 521 g/mol. The molecular weight excluding hydrogens is 472 g/mol. The van der Waals surface area contributed by atoms with Crippen LogP contribution in [0.1, 0.15) is 103 Å². The maximum Gasteiger partial charge on any atom is 0.303 e. The maximum absolute atomic E-state index is 11.9. The summed E-state index contributed by atoms with van der Waals surface area (Å²) in [6.07, 6.45) is 14.0. The van der Waals surface area contributed by atoms with Crippen LogP contribution in [0.3, 0.4) is 0 Å². The number of hydrogen-bond acceptors (Lipinski definition) is 3. The number of carbonyl (C=O) groups is 1. The van der Waals surface area contributed by atoms with Crippen LogP contribution in [0.4, 0.5) is 0 Å². The Bertz CT molecular complexity index is 1080. The number of aliphatic carboxylic acids is 1. The molecule has 0 unspecified atom stereocenters. The Hall–Kier alpha value is -1.65. The molecule has 4 fully saturated rings. The number of rotatable bonds is 6. The van der Waals surface area contributed by atoms with Gasteiger partial charge in [-0.05, 0) is 127 Å². The standard InChI is InChI=1S/C34H48O4/c1-22(4-13-31(35)36)28-11-12-29-27-10-9-26-20-34(37,18-17-32(26,2)30(27)14-16-33(28,29)3)25-7-5-23(6-8-25)24-15-19-38-21-24/h5-8,15,22,26-30,37H,4,9-14,16-21H2,1-3H3,(H,35,36)/t22-,26-,27+,28-,29+,30+,32+,33-,34+/m1/s1. The number of carboxylic acid groups (broad SMARTS) is 1. The van der Waals surface area contributed by atoms with E-state index in [1.54, 1.807) is 0 Å². The lowest BCUT2D eigenvalue weighted by Gasteiger charge is -2.62. The van der Waals surface area contributed by atoms with Crippen molar-refractivity contribution in [3.63, 3.8) is 0 Å². The van der Waals surface area contributed by atoms with Gasteiger partial charge in [0, 0.05) is 6.42 Å². The summed E-state index contributed by atoms with van der Waals surface area (Å²) in [7, 11) is 0. The van der Waals surface area contributed by atoms with Gasteiger partial charge in [-0.25, -0.2) is 0 Å². The van der Waals surface area contributed by atoms with Crippen LogP contribution < -0.4 is 0 Å². The summed E-state index contributed by atoms with van der Waals surface area (Å²) >= 11 is 0. The van der Waals surface area contributed by atoms with Gasteiger partial charge in [0.2, 0.25) is 0 Å². The van der Waals surface area contributed by atoms with E-state index >= 15 is 0 Å². The number of hydrogen-bond donors (Lipinski definition) is 2. The van der Waals surface area contributed by atoms with Crippen molar-refractivity contribution in [2.24, 2.45) is 46.3 Å². The molecule has 0 radical (unpaired) electrons. The van der Waals surface area contributed by atoms with E-state index < -0.39 is 11.6 Å². The smallest absolute Gasteiger partial charge is 0.303 e. The molecule has 1 aromatic carbocycles. The highest BCUT2D eigenvalue weighted by molar-refractivity contribution is 5.68. The Morgan fingerprint density at radius 1 is 1.00 bits per heavy atom. The first-order chi connectivity index (χ1) is 18.1. The summed E-state index contributed by atoms with van der Waals surface area (Å²) in [6.45, 7) is 8.85. The SMILES string of the molecule is C[C@H](CCC(=O)O)[C@H]1CC[C@H]2[C@@H]3CC[C@@H]4C[C@](O)(c5ccc(C6=CCOC6)cc5)CC[C@]4(C)[C@H]3CC[C@]12C. The van der Waals surface area contributed by atoms with E-state index in [1.165, 1.54) is 49.7 Å². The molecule has 38 heavy (non-hydrogen) atoms. The normalized spacial score (nSPS) is 43.1. The number of benzene rings is 1. The predicted molar refractivity (Wildman–Crippen MR) is 150 cm³/mol. The Balaban J connectivity index is 1.16. The van der Waals surface area contributed by atoms with E-state index in [0.717, 1.165) is 49.0 Å². The molecule has 0 saturated heterocycles. The molecule has 208 valence electrons. The third-order valence-electron chi connectivity index (χ3n) is 12.8. The van der Waals surface area contributed by atoms with Crippen LogP contribution in [0.5, 0.6) is 0 Å². The van der Waals surface area contributed by atoms with Gasteiger partial charge in [-0.3, -0.25) is 4.79 Å². The molecule has 5 aliphatic rings. The topological polar surface area (TPSA) is 66.8 Å². The number of ether oxygens (including phenoxy) is 1. The van der Waals surface area contributed by atoms with Crippen molar-refractivity contribution in [2.75, 3.05) is 13.2 Å². The zero-order valence-corrected chi connectivity index (χ0v) is 23.8. The summed E-state index contributed by atoms with van der Waals surface area (Å²) in [4.78, 5) is 11.2. The van der Waals surface area contributed by atoms with Crippen LogP contribution in [-0.4, -0.2) is 29.4 Å². The fourth-order valence-electron chi connectivity index (χ4n) is 10.6. The third kappa shape index (κ3) is 4.29. The second-order valence-corrected chi connectivity index (χ2v) is 14.4. The minimum atomic E-state index is -0.711. The molecule has 1 aliphatic heterocycles. The number of carboxylic acids is 1. The molecule has 9 atom stereocenters. The summed E-state index contributed by atoms with van der Waals surface area (Å²) in [5.74, 6) is 3.47. The van der Waals surface area contributed by atoms with E-state index in [2.05, 4.69) is 51.1 Å². The summed E-state index contributed by atoms with van der Waals surface area (Å²) in [5.41, 5.74) is 3.56. The van der Waals surface area contributed by atoms with E-state index in [4.69, 9.17) is 4.74 Å². The van der Waals surface area contributed by atoms with Gasteiger partial charge in [-0.15, -0.1) is 0 Å². The monoisotopic (exact) mass is 520 g/mol. The van der Waals surface area contributed by atoms with Crippen molar-refractivity contribution < 1.29 is 19.7 Å². The molecule has 1 aromatic rings. The van der Waals surface area contributed by atoms with E-state index in [-0.39, 0.29) is 0 Å². The molecule has 2 N–H and O–H groups in total. The molecule has 0 bridgehead atoms. The molecule has 0 amide bonds. The minimum Gasteiger partial charge on any atom is -0.481 e. The zero-order chi connectivity index (χ0) is 26.7. The largest absolute Gasteiger partial charge is 0.481 e. The molecule has 6 rings (SSSR count). The number of aliphatic hydroxyl groups is 1. The van der Waals surface area contributed by atoms with E-state index in [9.17, 15) is 15.0 Å². The highest BCUT2D eigenvalue weighted by atomic mass is 16.5. The second kappa shape index (κ2) is 9.77. The van der Waals surface area contributed by atoms with Crippen LogP contribution >= 0.6 is 0 Å². The summed E-state index contributed by atoms with van der Waals surface area (Å²) < 4.78 is 5.50. The highest BCUT2D eigenvalue weighted by Crippen LogP contribution is 2.69. The van der Waals surface area contributed by atoms with Crippen molar-refractivity contribution in [1.29, 1.82) is 0 Å². The van der Waals surface area contributed by atoms with Crippen LogP contribution in [0.25, 0.3) is 5.57 Å². The van der Waals surface area contributed by atoms with Gasteiger partial charge in [0.15, 0.2) is 0 Å². The third-order valence-corrected chi connectivity index (χ3v) is 12.8. The molecule has 1 heterocycles. The Labute approximate surface area is 229 Å². The van der Waals surface area contributed by atoms with Crippen molar-refractivity contribution in [1.82, 2.24) is 0 Å². The molecule has 4 saturated carbocycles. The van der Waals surface area contributed by atoms with Gasteiger partial charge in [-0.1, -0.05) is 51.1 Å². The second-order valence-electron chi connectivity index (χ2n) is 14.4. The Kier molecular flexibility index (Phi) is 6.83. The zero-order valence-electron chi connectivity index (χ0n) is 23.8. The van der Waals surface area contributed by atoms with Crippen LogP contribution in [0.15, 0.2) is 30.3 Å². The molecule has 4 nitrogen and oxygen atoms in total. The van der Waals surface area contributed by atoms with Gasteiger partial charge in [0.05, 0.1) is 18.8 Å². The predicted octanol–water partition coefficient (Wildman–Crippen LogP) is 7.45. The average Bonchev–Trinajstić information content (AvgIpc) is 3.56. The quantitative estimate of drug-likeness (QED) is 0.409. The minimum absolute atomic E-state index is 0.308. The van der Waals surface area contributed by atoms with Gasteiger partial charge in [0.1, 0.15) is 0 Å². The fraction of sp³-hybridized carbons (Fsp3) is 0.735. The van der Waals surface area contributed by atoms with Crippen LogP contribution in [-0.2, 0) is 15.1 Å². The highest BCUT2D eigenvalue weighted by Gasteiger charge is 2.61. The van der Waals surface area contributed by atoms with Crippen molar-refractivity contribution >= 4 is 11.5 Å². The molecule has 0 spiro atoms.